The maximum absolute atomic E-state index is 11.0. The van der Waals surface area contributed by atoms with Crippen LogP contribution in [-0.4, -0.2) is 27.7 Å². The first kappa shape index (κ1) is 9.45. The number of hydrogen-bond acceptors (Lipinski definition) is 5. The molecular formula is C9H9N3O3. The Bertz CT molecular complexity index is 480. The van der Waals surface area contributed by atoms with Gasteiger partial charge in [0.1, 0.15) is 0 Å². The van der Waals surface area contributed by atoms with Crippen molar-refractivity contribution in [3.63, 3.8) is 0 Å². The van der Waals surface area contributed by atoms with E-state index in [9.17, 15) is 4.79 Å². The van der Waals surface area contributed by atoms with Crippen molar-refractivity contribution in [2.75, 3.05) is 6.61 Å². The predicted molar refractivity (Wildman–Crippen MR) is 51.5 cm³/mol. The van der Waals surface area contributed by atoms with Crippen molar-refractivity contribution < 1.29 is 14.3 Å². The van der Waals surface area contributed by atoms with Crippen LogP contribution in [0.3, 0.4) is 0 Å². The van der Waals surface area contributed by atoms with Crippen LogP contribution < -0.4 is 4.74 Å². The standard InChI is InChI=1S/C9H9N3O3/c1-2-14-9(13)15-7-4-3-6-8(12-7)11-5-10-6/h3-5H,2H2,1H3,(H,10,11,12). The fourth-order valence-electron chi connectivity index (χ4n) is 1.09. The van der Waals surface area contributed by atoms with Gasteiger partial charge in [-0.05, 0) is 13.0 Å². The second-order valence-electron chi connectivity index (χ2n) is 2.71. The summed E-state index contributed by atoms with van der Waals surface area (Å²) >= 11 is 0. The molecule has 0 aliphatic heterocycles. The summed E-state index contributed by atoms with van der Waals surface area (Å²) in [5.74, 6) is 0.174. The normalized spacial score (nSPS) is 10.2. The van der Waals surface area contributed by atoms with Crippen molar-refractivity contribution in [1.29, 1.82) is 0 Å². The molecule has 0 unspecified atom stereocenters. The van der Waals surface area contributed by atoms with Crippen LogP contribution in [-0.2, 0) is 4.74 Å². The number of pyridine rings is 1. The molecule has 0 spiro atoms. The summed E-state index contributed by atoms with van der Waals surface area (Å²) in [6, 6.07) is 3.29. The van der Waals surface area contributed by atoms with E-state index in [1.165, 1.54) is 6.33 Å². The van der Waals surface area contributed by atoms with E-state index in [0.717, 1.165) is 5.52 Å². The van der Waals surface area contributed by atoms with E-state index in [1.54, 1.807) is 19.1 Å². The molecule has 15 heavy (non-hydrogen) atoms. The number of H-pyrrole nitrogens is 1. The van der Waals surface area contributed by atoms with Gasteiger partial charge in [-0.3, -0.25) is 0 Å². The van der Waals surface area contributed by atoms with Crippen molar-refractivity contribution >= 4 is 17.3 Å². The van der Waals surface area contributed by atoms with E-state index in [2.05, 4.69) is 19.7 Å². The number of imidazole rings is 1. The molecule has 0 radical (unpaired) electrons. The fraction of sp³-hybridized carbons (Fsp3) is 0.222. The van der Waals surface area contributed by atoms with Gasteiger partial charge >= 0.3 is 6.16 Å². The van der Waals surface area contributed by atoms with Gasteiger partial charge < -0.3 is 14.5 Å². The smallest absolute Gasteiger partial charge is 0.434 e. The Morgan fingerprint density at radius 3 is 3.20 bits per heavy atom. The lowest BCUT2D eigenvalue weighted by Gasteiger charge is -2.01. The lowest BCUT2D eigenvalue weighted by Crippen LogP contribution is -2.10. The first-order chi connectivity index (χ1) is 7.29. The zero-order valence-corrected chi connectivity index (χ0v) is 8.06. The van der Waals surface area contributed by atoms with Gasteiger partial charge in [-0.25, -0.2) is 9.78 Å². The molecule has 2 heterocycles. The van der Waals surface area contributed by atoms with Gasteiger partial charge in [-0.2, -0.15) is 4.98 Å². The third kappa shape index (κ3) is 2.04. The quantitative estimate of drug-likeness (QED) is 0.755. The third-order valence-electron chi connectivity index (χ3n) is 1.71. The summed E-state index contributed by atoms with van der Waals surface area (Å²) in [6.07, 6.45) is 0.756. The molecule has 2 rings (SSSR count). The van der Waals surface area contributed by atoms with Crippen molar-refractivity contribution in [2.45, 2.75) is 6.92 Å². The fourth-order valence-corrected chi connectivity index (χ4v) is 1.09. The molecule has 0 fully saturated rings. The molecule has 0 amide bonds. The highest BCUT2D eigenvalue weighted by atomic mass is 16.7. The Morgan fingerprint density at radius 1 is 1.53 bits per heavy atom. The van der Waals surface area contributed by atoms with E-state index in [-0.39, 0.29) is 12.5 Å². The summed E-state index contributed by atoms with van der Waals surface area (Å²) < 4.78 is 9.42. The summed E-state index contributed by atoms with van der Waals surface area (Å²) in [7, 11) is 0. The van der Waals surface area contributed by atoms with Crippen LogP contribution in [0.25, 0.3) is 11.2 Å². The Hall–Kier alpha value is -2.11. The van der Waals surface area contributed by atoms with Crippen molar-refractivity contribution in [3.8, 4) is 5.88 Å². The molecule has 0 aromatic carbocycles. The molecule has 1 N–H and O–H groups in total. The second-order valence-corrected chi connectivity index (χ2v) is 2.71. The Kier molecular flexibility index (Phi) is 2.49. The van der Waals surface area contributed by atoms with E-state index >= 15 is 0 Å². The number of aromatic amines is 1. The zero-order valence-electron chi connectivity index (χ0n) is 8.06. The molecular weight excluding hydrogens is 198 g/mol. The Labute approximate surface area is 85.2 Å². The van der Waals surface area contributed by atoms with Crippen molar-refractivity contribution in [1.82, 2.24) is 15.0 Å². The zero-order chi connectivity index (χ0) is 10.7. The SMILES string of the molecule is CCOC(=O)Oc1ccc2[nH]cnc2n1. The highest BCUT2D eigenvalue weighted by Gasteiger charge is 2.07. The number of hydrogen-bond donors (Lipinski definition) is 1. The highest BCUT2D eigenvalue weighted by molar-refractivity contribution is 5.71. The van der Waals surface area contributed by atoms with E-state index in [4.69, 9.17) is 4.74 Å². The van der Waals surface area contributed by atoms with Gasteiger partial charge in [0.2, 0.25) is 5.88 Å². The maximum Gasteiger partial charge on any atom is 0.515 e. The van der Waals surface area contributed by atoms with Gasteiger partial charge in [-0.1, -0.05) is 0 Å². The Balaban J connectivity index is 2.17. The van der Waals surface area contributed by atoms with E-state index in [1.807, 2.05) is 0 Å². The van der Waals surface area contributed by atoms with Gasteiger partial charge in [0.15, 0.2) is 5.65 Å². The second kappa shape index (κ2) is 3.95. The van der Waals surface area contributed by atoms with Crippen LogP contribution in [0, 0.1) is 0 Å². The highest BCUT2D eigenvalue weighted by Crippen LogP contribution is 2.12. The molecule has 0 aliphatic rings. The van der Waals surface area contributed by atoms with E-state index in [0.29, 0.717) is 5.65 Å². The topological polar surface area (TPSA) is 77.1 Å². The van der Waals surface area contributed by atoms with Crippen molar-refractivity contribution in [3.05, 3.63) is 18.5 Å². The monoisotopic (exact) mass is 207 g/mol. The summed E-state index contributed by atoms with van der Waals surface area (Å²) in [5.41, 5.74) is 1.28. The molecule has 6 heteroatoms. The molecule has 0 saturated heterocycles. The first-order valence-corrected chi connectivity index (χ1v) is 4.44. The average Bonchev–Trinajstić information content (AvgIpc) is 2.65. The summed E-state index contributed by atoms with van der Waals surface area (Å²) in [6.45, 7) is 1.97. The van der Waals surface area contributed by atoms with Crippen LogP contribution in [0.5, 0.6) is 5.88 Å². The summed E-state index contributed by atoms with van der Waals surface area (Å²) in [5, 5.41) is 0. The number of fused-ring (bicyclic) bond motifs is 1. The van der Waals surface area contributed by atoms with Gasteiger partial charge in [-0.15, -0.1) is 0 Å². The average molecular weight is 207 g/mol. The number of nitrogens with zero attached hydrogens (tertiary/aromatic N) is 2. The van der Waals surface area contributed by atoms with Crippen molar-refractivity contribution in [2.24, 2.45) is 0 Å². The number of rotatable bonds is 2. The van der Waals surface area contributed by atoms with Crippen LogP contribution in [0.4, 0.5) is 4.79 Å². The van der Waals surface area contributed by atoms with Crippen LogP contribution in [0.2, 0.25) is 0 Å². The number of aromatic nitrogens is 3. The molecule has 0 atom stereocenters. The number of carbonyl (C=O) groups is 1. The lowest BCUT2D eigenvalue weighted by molar-refractivity contribution is 0.103. The minimum atomic E-state index is -0.764. The molecule has 78 valence electrons. The predicted octanol–water partition coefficient (Wildman–Crippen LogP) is 1.49. The first-order valence-electron chi connectivity index (χ1n) is 4.44. The van der Waals surface area contributed by atoms with Crippen LogP contribution >= 0.6 is 0 Å². The number of carbonyl (C=O) groups excluding carboxylic acids is 1. The van der Waals surface area contributed by atoms with Crippen LogP contribution in [0.1, 0.15) is 6.92 Å². The number of ether oxygens (including phenoxy) is 2. The molecule has 0 aliphatic carbocycles. The third-order valence-corrected chi connectivity index (χ3v) is 1.71. The lowest BCUT2D eigenvalue weighted by atomic mass is 10.4. The molecule has 0 bridgehead atoms. The van der Waals surface area contributed by atoms with Crippen LogP contribution in [0.15, 0.2) is 18.5 Å². The minimum absolute atomic E-state index is 0.174. The molecule has 6 nitrogen and oxygen atoms in total. The van der Waals surface area contributed by atoms with Gasteiger partial charge in [0.05, 0.1) is 18.5 Å². The molecule has 2 aromatic rings. The van der Waals surface area contributed by atoms with Gasteiger partial charge in [0.25, 0.3) is 0 Å². The minimum Gasteiger partial charge on any atom is -0.434 e. The maximum atomic E-state index is 11.0. The largest absolute Gasteiger partial charge is 0.515 e. The molecule has 2 aromatic heterocycles. The van der Waals surface area contributed by atoms with E-state index < -0.39 is 6.16 Å². The molecule has 0 saturated carbocycles. The van der Waals surface area contributed by atoms with Gasteiger partial charge in [0, 0.05) is 6.07 Å². The Morgan fingerprint density at radius 2 is 2.40 bits per heavy atom. The number of nitrogens with one attached hydrogen (secondary N) is 1. The summed E-state index contributed by atoms with van der Waals surface area (Å²) in [4.78, 5) is 21.8.